The summed E-state index contributed by atoms with van der Waals surface area (Å²) in [6.45, 7) is 3.61. The van der Waals surface area contributed by atoms with Crippen molar-refractivity contribution in [1.82, 2.24) is 0 Å². The van der Waals surface area contributed by atoms with E-state index in [9.17, 15) is 13.2 Å². The Morgan fingerprint density at radius 2 is 1.52 bits per heavy atom. The van der Waals surface area contributed by atoms with E-state index in [-0.39, 0.29) is 17.1 Å². The minimum atomic E-state index is -1.02. The molecule has 0 fully saturated rings. The molecule has 0 saturated heterocycles. The fourth-order valence-corrected chi connectivity index (χ4v) is 2.68. The predicted octanol–water partition coefficient (Wildman–Crippen LogP) is 6.59. The Balaban J connectivity index is 1.84. The molecule has 0 amide bonds. The van der Waals surface area contributed by atoms with Crippen molar-refractivity contribution in [2.24, 2.45) is 0 Å². The van der Waals surface area contributed by atoms with Gasteiger partial charge in [0.15, 0.2) is 11.6 Å². The first-order chi connectivity index (χ1) is 13.0. The monoisotopic (exact) mass is 366 g/mol. The molecule has 27 heavy (non-hydrogen) atoms. The number of methoxy groups -OCH3 is 1. The fraction of sp³-hybridized carbons (Fsp3) is 0.0435. The van der Waals surface area contributed by atoms with Crippen LogP contribution in [0.5, 0.6) is 5.75 Å². The van der Waals surface area contributed by atoms with E-state index in [0.29, 0.717) is 16.7 Å². The van der Waals surface area contributed by atoms with Crippen LogP contribution in [0.3, 0.4) is 0 Å². The fourth-order valence-electron chi connectivity index (χ4n) is 2.68. The van der Waals surface area contributed by atoms with Crippen molar-refractivity contribution in [1.29, 1.82) is 0 Å². The van der Waals surface area contributed by atoms with Gasteiger partial charge in [0.25, 0.3) is 0 Å². The van der Waals surface area contributed by atoms with E-state index in [4.69, 9.17) is 4.74 Å². The molecule has 0 radical (unpaired) electrons. The van der Waals surface area contributed by atoms with Gasteiger partial charge in [-0.3, -0.25) is 0 Å². The summed E-state index contributed by atoms with van der Waals surface area (Å²) in [7, 11) is 1.28. The number of rotatable bonds is 5. The van der Waals surface area contributed by atoms with E-state index < -0.39 is 11.6 Å². The number of hydrogen-bond donors (Lipinski definition) is 0. The molecule has 0 N–H and O–H groups in total. The van der Waals surface area contributed by atoms with Crippen molar-refractivity contribution >= 4 is 18.2 Å². The molecule has 0 saturated carbocycles. The van der Waals surface area contributed by atoms with Crippen LogP contribution < -0.4 is 4.74 Å². The molecule has 0 spiro atoms. The largest absolute Gasteiger partial charge is 0.494 e. The van der Waals surface area contributed by atoms with Gasteiger partial charge in [-0.1, -0.05) is 61.2 Å². The normalized spacial score (nSPS) is 11.0. The Bertz CT molecular complexity index is 1000. The highest BCUT2D eigenvalue weighted by molar-refractivity contribution is 5.73. The molecule has 4 heteroatoms. The van der Waals surface area contributed by atoms with E-state index in [1.807, 2.05) is 0 Å². The van der Waals surface area contributed by atoms with Gasteiger partial charge in [-0.2, -0.15) is 4.39 Å². The Hall–Kier alpha value is -3.27. The molecule has 3 aromatic rings. The van der Waals surface area contributed by atoms with Gasteiger partial charge in [-0.15, -0.1) is 0 Å². The summed E-state index contributed by atoms with van der Waals surface area (Å²) < 4.78 is 46.8. The highest BCUT2D eigenvalue weighted by Crippen LogP contribution is 2.30. The Morgan fingerprint density at radius 3 is 2.15 bits per heavy atom. The summed E-state index contributed by atoms with van der Waals surface area (Å²) in [5.41, 5.74) is 2.65. The molecule has 3 rings (SSSR count). The second-order valence-corrected chi connectivity index (χ2v) is 5.88. The third kappa shape index (κ3) is 3.95. The highest BCUT2D eigenvalue weighted by Gasteiger charge is 2.14. The lowest BCUT2D eigenvalue weighted by Crippen LogP contribution is -1.94. The second kappa shape index (κ2) is 7.96. The van der Waals surface area contributed by atoms with Crippen molar-refractivity contribution in [3.8, 4) is 16.9 Å². The van der Waals surface area contributed by atoms with Gasteiger partial charge < -0.3 is 4.74 Å². The molecule has 0 heterocycles. The third-order valence-electron chi connectivity index (χ3n) is 4.20. The SMILES string of the molecule is C=Cc1ccc(/C=C/c2ccc(-c3ccc(OC)c(F)c3F)cc2)c(F)c1. The van der Waals surface area contributed by atoms with Crippen LogP contribution >= 0.6 is 0 Å². The van der Waals surface area contributed by atoms with Gasteiger partial charge in [0.05, 0.1) is 7.11 Å². The molecular formula is C23H17F3O. The summed E-state index contributed by atoms with van der Waals surface area (Å²) in [6, 6.07) is 14.6. The van der Waals surface area contributed by atoms with E-state index in [0.717, 1.165) is 5.56 Å². The van der Waals surface area contributed by atoms with Crippen LogP contribution in [-0.2, 0) is 0 Å². The van der Waals surface area contributed by atoms with Gasteiger partial charge >= 0.3 is 0 Å². The minimum Gasteiger partial charge on any atom is -0.494 e. The maximum absolute atomic E-state index is 14.2. The second-order valence-electron chi connectivity index (χ2n) is 5.88. The molecule has 3 aromatic carbocycles. The molecular weight excluding hydrogens is 349 g/mol. The van der Waals surface area contributed by atoms with Crippen molar-refractivity contribution in [2.75, 3.05) is 7.11 Å². The zero-order chi connectivity index (χ0) is 19.4. The quantitative estimate of drug-likeness (QED) is 0.463. The molecule has 136 valence electrons. The predicted molar refractivity (Wildman–Crippen MR) is 104 cm³/mol. The molecule has 1 nitrogen and oxygen atoms in total. The first-order valence-electron chi connectivity index (χ1n) is 8.26. The van der Waals surface area contributed by atoms with Crippen LogP contribution in [0, 0.1) is 17.5 Å². The molecule has 0 unspecified atom stereocenters. The van der Waals surface area contributed by atoms with Crippen molar-refractivity contribution in [3.05, 3.63) is 95.3 Å². The number of ether oxygens (including phenoxy) is 1. The lowest BCUT2D eigenvalue weighted by molar-refractivity contribution is 0.372. The number of hydrogen-bond acceptors (Lipinski definition) is 1. The lowest BCUT2D eigenvalue weighted by atomic mass is 10.0. The third-order valence-corrected chi connectivity index (χ3v) is 4.20. The highest BCUT2D eigenvalue weighted by atomic mass is 19.2. The summed E-state index contributed by atoms with van der Waals surface area (Å²) >= 11 is 0. The number of halogens is 3. The first kappa shape index (κ1) is 18.5. The van der Waals surface area contributed by atoms with E-state index >= 15 is 0 Å². The molecule has 0 aliphatic rings. The van der Waals surface area contributed by atoms with Gasteiger partial charge in [-0.05, 0) is 34.9 Å². The summed E-state index contributed by atoms with van der Waals surface area (Å²) in [6.07, 6.45) is 4.99. The minimum absolute atomic E-state index is 0.139. The molecule has 0 aliphatic carbocycles. The maximum Gasteiger partial charge on any atom is 0.201 e. The number of benzene rings is 3. The molecule has 0 aliphatic heterocycles. The molecule has 0 atom stereocenters. The van der Waals surface area contributed by atoms with Crippen LogP contribution in [-0.4, -0.2) is 7.11 Å². The summed E-state index contributed by atoms with van der Waals surface area (Å²) in [4.78, 5) is 0. The average molecular weight is 366 g/mol. The standard InChI is InChI=1S/C23H17F3O/c1-3-15-4-10-18(20(24)14-15)11-7-16-5-8-17(9-6-16)19-12-13-21(27-2)23(26)22(19)25/h3-14H,1H2,2H3/b11-7+. The van der Waals surface area contributed by atoms with Crippen molar-refractivity contribution in [3.63, 3.8) is 0 Å². The van der Waals surface area contributed by atoms with Gasteiger partial charge in [0.2, 0.25) is 5.82 Å². The zero-order valence-electron chi connectivity index (χ0n) is 14.7. The van der Waals surface area contributed by atoms with Crippen molar-refractivity contribution in [2.45, 2.75) is 0 Å². The lowest BCUT2D eigenvalue weighted by Gasteiger charge is -2.08. The van der Waals surface area contributed by atoms with Gasteiger partial charge in [0, 0.05) is 11.1 Å². The van der Waals surface area contributed by atoms with Gasteiger partial charge in [-0.25, -0.2) is 8.78 Å². The summed E-state index contributed by atoms with van der Waals surface area (Å²) in [5.74, 6) is -2.45. The van der Waals surface area contributed by atoms with Crippen LogP contribution in [0.25, 0.3) is 29.4 Å². The first-order valence-corrected chi connectivity index (χ1v) is 8.26. The smallest absolute Gasteiger partial charge is 0.201 e. The average Bonchev–Trinajstić information content (AvgIpc) is 2.69. The van der Waals surface area contributed by atoms with Crippen LogP contribution in [0.4, 0.5) is 13.2 Å². The summed E-state index contributed by atoms with van der Waals surface area (Å²) in [5, 5.41) is 0. The Kier molecular flexibility index (Phi) is 5.46. The topological polar surface area (TPSA) is 9.23 Å². The van der Waals surface area contributed by atoms with E-state index in [2.05, 4.69) is 6.58 Å². The van der Waals surface area contributed by atoms with E-state index in [1.165, 1.54) is 25.3 Å². The maximum atomic E-state index is 14.2. The van der Waals surface area contributed by atoms with Crippen LogP contribution in [0.15, 0.2) is 61.2 Å². The van der Waals surface area contributed by atoms with Crippen molar-refractivity contribution < 1.29 is 17.9 Å². The molecule has 0 aromatic heterocycles. The van der Waals surface area contributed by atoms with Gasteiger partial charge in [0.1, 0.15) is 5.82 Å². The Labute approximate surface area is 156 Å². The van der Waals surface area contributed by atoms with Crippen LogP contribution in [0.2, 0.25) is 0 Å². The molecule has 0 bridgehead atoms. The zero-order valence-corrected chi connectivity index (χ0v) is 14.7. The van der Waals surface area contributed by atoms with Crippen LogP contribution in [0.1, 0.15) is 16.7 Å². The van der Waals surface area contributed by atoms with E-state index in [1.54, 1.807) is 54.6 Å². The Morgan fingerprint density at radius 1 is 0.815 bits per heavy atom.